The van der Waals surface area contributed by atoms with Crippen molar-refractivity contribution in [2.24, 2.45) is 17.6 Å². The largest absolute Gasteiger partial charge is 0.508 e. The van der Waals surface area contributed by atoms with Crippen molar-refractivity contribution in [1.82, 2.24) is 14.9 Å². The van der Waals surface area contributed by atoms with E-state index in [-0.39, 0.29) is 11.3 Å². The van der Waals surface area contributed by atoms with Crippen molar-refractivity contribution in [1.29, 1.82) is 0 Å². The van der Waals surface area contributed by atoms with E-state index in [0.29, 0.717) is 16.8 Å². The van der Waals surface area contributed by atoms with Gasteiger partial charge in [-0.3, -0.25) is 29.3 Å². The Morgan fingerprint density at radius 2 is 1.82 bits per heavy atom. The molecule has 0 saturated heterocycles. The summed E-state index contributed by atoms with van der Waals surface area (Å²) in [6, 6.07) is 1.46. The Bertz CT molecular complexity index is 1470. The summed E-state index contributed by atoms with van der Waals surface area (Å²) in [6.07, 6.45) is 2.74. The molecule has 1 heterocycles. The van der Waals surface area contributed by atoms with Gasteiger partial charge in [0.2, 0.25) is 5.78 Å². The van der Waals surface area contributed by atoms with E-state index in [1.54, 1.807) is 13.0 Å². The van der Waals surface area contributed by atoms with E-state index in [1.165, 1.54) is 43.7 Å². The summed E-state index contributed by atoms with van der Waals surface area (Å²) >= 11 is 0. The topological polar surface area (TPSA) is 207 Å². The van der Waals surface area contributed by atoms with Crippen LogP contribution in [0.15, 0.2) is 47.6 Å². The van der Waals surface area contributed by atoms with Gasteiger partial charge >= 0.3 is 0 Å². The molecule has 12 nitrogen and oxygen atoms in total. The first-order valence-corrected chi connectivity index (χ1v) is 11.8. The lowest BCUT2D eigenvalue weighted by atomic mass is 9.54. The summed E-state index contributed by atoms with van der Waals surface area (Å²) in [5, 5.41) is 56.5. The number of fused-ring (bicyclic) bond motifs is 3. The lowest BCUT2D eigenvalue weighted by Crippen LogP contribution is -2.70. The van der Waals surface area contributed by atoms with Crippen molar-refractivity contribution >= 4 is 23.2 Å². The van der Waals surface area contributed by atoms with Crippen LogP contribution in [0.3, 0.4) is 0 Å². The molecule has 7 N–H and O–H groups in total. The van der Waals surface area contributed by atoms with Gasteiger partial charge in [0.1, 0.15) is 22.8 Å². The number of phenols is 1. The molecule has 198 valence electrons. The summed E-state index contributed by atoms with van der Waals surface area (Å²) in [5.74, 6) is -9.45. The molecule has 0 unspecified atom stereocenters. The first-order valence-electron chi connectivity index (χ1n) is 11.8. The van der Waals surface area contributed by atoms with Crippen LogP contribution >= 0.6 is 0 Å². The molecule has 0 aliphatic heterocycles. The molecule has 1 amide bonds. The van der Waals surface area contributed by atoms with Gasteiger partial charge in [0.15, 0.2) is 11.4 Å². The fraction of sp³-hybridized carbons (Fsp3) is 0.346. The van der Waals surface area contributed by atoms with Crippen molar-refractivity contribution in [3.63, 3.8) is 0 Å². The number of ketones is 2. The molecule has 3 aliphatic rings. The molecule has 1 fully saturated rings. The van der Waals surface area contributed by atoms with Crippen LogP contribution in [-0.4, -0.2) is 89.7 Å². The lowest BCUT2D eigenvalue weighted by Gasteiger charge is -2.53. The number of primary amides is 1. The number of amides is 1. The maximum Gasteiger partial charge on any atom is 0.255 e. The van der Waals surface area contributed by atoms with E-state index >= 15 is 0 Å². The van der Waals surface area contributed by atoms with E-state index in [9.17, 15) is 39.9 Å². The van der Waals surface area contributed by atoms with Crippen LogP contribution in [0.25, 0.3) is 17.0 Å². The highest BCUT2D eigenvalue weighted by atomic mass is 16.4. The Kier molecular flexibility index (Phi) is 5.67. The first kappa shape index (κ1) is 25.5. The highest BCUT2D eigenvalue weighted by molar-refractivity contribution is 6.24. The smallest absolute Gasteiger partial charge is 0.255 e. The van der Waals surface area contributed by atoms with Crippen LogP contribution < -0.4 is 5.73 Å². The lowest BCUT2D eigenvalue weighted by molar-refractivity contribution is -0.169. The Balaban J connectivity index is 1.83. The molecule has 0 bridgehead atoms. The van der Waals surface area contributed by atoms with Crippen LogP contribution in [0.4, 0.5) is 0 Å². The van der Waals surface area contributed by atoms with Gasteiger partial charge in [0.05, 0.1) is 35.5 Å². The number of carbonyl (C=O) groups is 3. The van der Waals surface area contributed by atoms with Crippen LogP contribution in [0, 0.1) is 11.8 Å². The molecule has 12 heteroatoms. The maximum atomic E-state index is 14.0. The number of benzene rings is 1. The van der Waals surface area contributed by atoms with E-state index in [0.717, 1.165) is 0 Å². The predicted octanol–water partition coefficient (Wildman–Crippen LogP) is -0.0472. The number of phenolic OH excluding ortho intramolecular Hbond substituents is 1. The zero-order chi connectivity index (χ0) is 27.8. The molecular formula is C26H26N4O8. The van der Waals surface area contributed by atoms with Crippen LogP contribution in [-0.2, 0) is 14.4 Å². The Morgan fingerprint density at radius 1 is 1.13 bits per heavy atom. The summed E-state index contributed by atoms with van der Waals surface area (Å²) in [4.78, 5) is 49.0. The zero-order valence-corrected chi connectivity index (χ0v) is 20.7. The minimum absolute atomic E-state index is 0.107. The minimum atomic E-state index is -2.96. The van der Waals surface area contributed by atoms with Crippen LogP contribution in [0.5, 0.6) is 5.75 Å². The summed E-state index contributed by atoms with van der Waals surface area (Å²) in [6.45, 7) is 1.66. The average molecular weight is 523 g/mol. The number of aliphatic hydroxyl groups excluding tert-OH is 3. The van der Waals surface area contributed by atoms with E-state index < -0.39 is 75.6 Å². The van der Waals surface area contributed by atoms with Gasteiger partial charge in [-0.1, -0.05) is 6.92 Å². The molecule has 0 radical (unpaired) electrons. The van der Waals surface area contributed by atoms with Gasteiger partial charge in [-0.15, -0.1) is 0 Å². The Morgan fingerprint density at radius 3 is 2.39 bits per heavy atom. The average Bonchev–Trinajstić information content (AvgIpc) is 2.86. The zero-order valence-electron chi connectivity index (χ0n) is 20.7. The van der Waals surface area contributed by atoms with Gasteiger partial charge in [-0.05, 0) is 37.7 Å². The van der Waals surface area contributed by atoms with Gasteiger partial charge in [0, 0.05) is 29.4 Å². The van der Waals surface area contributed by atoms with Crippen molar-refractivity contribution in [2.75, 3.05) is 14.1 Å². The number of aromatic hydroxyl groups is 1. The van der Waals surface area contributed by atoms with Crippen molar-refractivity contribution in [3.05, 3.63) is 58.8 Å². The van der Waals surface area contributed by atoms with Crippen LogP contribution in [0.1, 0.15) is 24.0 Å². The quantitative estimate of drug-likeness (QED) is 0.295. The van der Waals surface area contributed by atoms with E-state index in [4.69, 9.17) is 5.73 Å². The summed E-state index contributed by atoms with van der Waals surface area (Å²) < 4.78 is 0. The highest BCUT2D eigenvalue weighted by Gasteiger charge is 2.68. The van der Waals surface area contributed by atoms with Gasteiger partial charge in [-0.2, -0.15) is 0 Å². The molecule has 3 aliphatic carbocycles. The number of likely N-dealkylation sites (N-methyl/N-ethyl adjacent to an activating group) is 1. The van der Waals surface area contributed by atoms with E-state index in [2.05, 4.69) is 9.97 Å². The number of Topliss-reactive ketones (excluding diaryl/α,β-unsaturated/α-hetero) is 2. The van der Waals surface area contributed by atoms with Crippen molar-refractivity contribution < 1.29 is 39.9 Å². The number of nitrogens with two attached hydrogens (primary N) is 1. The molecule has 0 spiro atoms. The minimum Gasteiger partial charge on any atom is -0.508 e. The fourth-order valence-corrected chi connectivity index (χ4v) is 6.36. The highest BCUT2D eigenvalue weighted by Crippen LogP contribution is 2.57. The van der Waals surface area contributed by atoms with Crippen molar-refractivity contribution in [3.8, 4) is 17.0 Å². The molecule has 6 atom stereocenters. The first-order chi connectivity index (χ1) is 17.8. The number of hydrogen-bond donors (Lipinski definition) is 6. The predicted molar refractivity (Wildman–Crippen MR) is 131 cm³/mol. The molecule has 1 saturated carbocycles. The summed E-state index contributed by atoms with van der Waals surface area (Å²) in [7, 11) is 2.90. The SMILES string of the molecule is C[C@H]1c2c(-c3cnccn3)ccc(O)c2C(O)=C2C(=O)[C@]3(O)C(O)=C(C(N)=O)C(=O)[C@@H](N(C)C)[C@@H]3[C@@H](O)[C@@H]21. The van der Waals surface area contributed by atoms with Gasteiger partial charge in [0.25, 0.3) is 5.91 Å². The monoisotopic (exact) mass is 522 g/mol. The number of carbonyl (C=O) groups excluding carboxylic acids is 3. The van der Waals surface area contributed by atoms with E-state index in [1.807, 2.05) is 0 Å². The number of nitrogens with zero attached hydrogens (tertiary/aromatic N) is 3. The van der Waals surface area contributed by atoms with Gasteiger partial charge in [-0.25, -0.2) is 0 Å². The number of aromatic nitrogens is 2. The third-order valence-electron chi connectivity index (χ3n) is 7.95. The van der Waals surface area contributed by atoms with Gasteiger partial charge < -0.3 is 31.3 Å². The molecule has 1 aromatic carbocycles. The van der Waals surface area contributed by atoms with Crippen LogP contribution in [0.2, 0.25) is 0 Å². The number of hydrogen-bond acceptors (Lipinski definition) is 11. The number of rotatable bonds is 3. The normalized spacial score (nSPS) is 30.7. The Labute approximate surface area is 216 Å². The second-order valence-corrected chi connectivity index (χ2v) is 10.1. The summed E-state index contributed by atoms with van der Waals surface area (Å²) in [5.41, 5.74) is 2.10. The Hall–Kier alpha value is -4.13. The van der Waals surface area contributed by atoms with Crippen molar-refractivity contribution in [2.45, 2.75) is 30.6 Å². The second-order valence-electron chi connectivity index (χ2n) is 10.1. The molecule has 5 rings (SSSR count). The molecular weight excluding hydrogens is 496 g/mol. The molecule has 2 aromatic rings. The fourth-order valence-electron chi connectivity index (χ4n) is 6.36. The third kappa shape index (κ3) is 3.11. The maximum absolute atomic E-state index is 14.0. The second kappa shape index (κ2) is 8.45. The molecule has 1 aromatic heterocycles. The molecule has 38 heavy (non-hydrogen) atoms. The standard InChI is InChI=1S/C26H26N4O8/c1-9-13-10(11-8-28-6-7-29-11)4-5-12(31)15(13)20(32)16-14(9)21(33)18-19(30(2)3)22(34)17(25(27)37)24(36)26(18,38)23(16)35/h4-9,14,18-19,21,31-33,36,38H,1-3H3,(H2,27,37)/t9-,14+,18+,19-,21-,26-/m0/s1. The third-order valence-corrected chi connectivity index (χ3v) is 7.95. The number of aliphatic hydroxyl groups is 4.